The summed E-state index contributed by atoms with van der Waals surface area (Å²) in [5, 5.41) is 7.85. The van der Waals surface area contributed by atoms with Crippen LogP contribution in [-0.4, -0.2) is 16.3 Å². The summed E-state index contributed by atoms with van der Waals surface area (Å²) in [6.07, 6.45) is 1.09. The maximum absolute atomic E-state index is 4.49. The first kappa shape index (κ1) is 9.21. The summed E-state index contributed by atoms with van der Waals surface area (Å²) in [6, 6.07) is 0.444. The molecule has 2 heterocycles. The van der Waals surface area contributed by atoms with Crippen LogP contribution in [0, 0.1) is 0 Å². The van der Waals surface area contributed by atoms with Gasteiger partial charge in [0, 0.05) is 18.2 Å². The molecule has 0 amide bonds. The van der Waals surface area contributed by atoms with Gasteiger partial charge in [0.2, 0.25) is 0 Å². The van der Waals surface area contributed by atoms with E-state index in [4.69, 9.17) is 0 Å². The molecule has 0 fully saturated rings. The van der Waals surface area contributed by atoms with Crippen molar-refractivity contribution < 1.29 is 0 Å². The Kier molecular flexibility index (Phi) is 2.43. The Bertz CT molecular complexity index is 317. The van der Waals surface area contributed by atoms with Gasteiger partial charge in [-0.05, 0) is 42.7 Å². The average Bonchev–Trinajstić information content (AvgIpc) is 2.45. The molecule has 0 bridgehead atoms. The lowest BCUT2D eigenvalue weighted by molar-refractivity contribution is 0.485. The zero-order valence-corrected chi connectivity index (χ0v) is 9.56. The van der Waals surface area contributed by atoms with Gasteiger partial charge in [0.05, 0.1) is 5.69 Å². The molecule has 3 nitrogen and oxygen atoms in total. The van der Waals surface area contributed by atoms with E-state index in [0.717, 1.165) is 24.1 Å². The molecular weight excluding hydrogens is 230 g/mol. The van der Waals surface area contributed by atoms with Crippen molar-refractivity contribution in [3.05, 3.63) is 15.9 Å². The third kappa shape index (κ3) is 1.53. The van der Waals surface area contributed by atoms with Gasteiger partial charge in [-0.15, -0.1) is 0 Å². The highest BCUT2D eigenvalue weighted by atomic mass is 79.9. The van der Waals surface area contributed by atoms with Crippen LogP contribution in [0.3, 0.4) is 0 Å². The monoisotopic (exact) mass is 243 g/mol. The van der Waals surface area contributed by atoms with E-state index in [-0.39, 0.29) is 0 Å². The molecule has 13 heavy (non-hydrogen) atoms. The minimum absolute atomic E-state index is 0.444. The third-order valence-corrected chi connectivity index (χ3v) is 3.04. The smallest absolute Gasteiger partial charge is 0.131 e. The van der Waals surface area contributed by atoms with Crippen LogP contribution in [0.5, 0.6) is 0 Å². The Morgan fingerprint density at radius 3 is 3.00 bits per heavy atom. The summed E-state index contributed by atoms with van der Waals surface area (Å²) in [6.45, 7) is 6.34. The fourth-order valence-electron chi connectivity index (χ4n) is 1.76. The third-order valence-electron chi connectivity index (χ3n) is 2.40. The maximum atomic E-state index is 4.49. The molecule has 0 atom stereocenters. The minimum Gasteiger partial charge on any atom is -0.311 e. The lowest BCUT2D eigenvalue weighted by atomic mass is 10.1. The molecular formula is C9H14BrN3. The molecule has 1 aliphatic heterocycles. The minimum atomic E-state index is 0.444. The van der Waals surface area contributed by atoms with E-state index in [0.29, 0.717) is 6.04 Å². The van der Waals surface area contributed by atoms with Crippen LogP contribution in [-0.2, 0) is 13.0 Å². The van der Waals surface area contributed by atoms with Crippen LogP contribution < -0.4 is 5.32 Å². The Morgan fingerprint density at radius 1 is 1.54 bits per heavy atom. The van der Waals surface area contributed by atoms with Gasteiger partial charge >= 0.3 is 0 Å². The second kappa shape index (κ2) is 3.42. The van der Waals surface area contributed by atoms with E-state index in [1.165, 1.54) is 11.3 Å². The molecule has 72 valence electrons. The topological polar surface area (TPSA) is 29.9 Å². The molecule has 0 unspecified atom stereocenters. The molecule has 0 spiro atoms. The zero-order valence-electron chi connectivity index (χ0n) is 7.97. The lowest BCUT2D eigenvalue weighted by Gasteiger charge is -2.16. The molecule has 2 rings (SSSR count). The van der Waals surface area contributed by atoms with Gasteiger partial charge in [-0.2, -0.15) is 5.10 Å². The van der Waals surface area contributed by atoms with Gasteiger partial charge in [0.25, 0.3) is 0 Å². The van der Waals surface area contributed by atoms with Crippen molar-refractivity contribution in [1.29, 1.82) is 0 Å². The van der Waals surface area contributed by atoms with Gasteiger partial charge in [0.15, 0.2) is 0 Å². The maximum Gasteiger partial charge on any atom is 0.131 e. The highest BCUT2D eigenvalue weighted by Gasteiger charge is 2.19. The van der Waals surface area contributed by atoms with E-state index < -0.39 is 0 Å². The van der Waals surface area contributed by atoms with Gasteiger partial charge in [0.1, 0.15) is 4.60 Å². The van der Waals surface area contributed by atoms with Gasteiger partial charge in [-0.3, -0.25) is 4.68 Å². The fraction of sp³-hybridized carbons (Fsp3) is 0.667. The predicted octanol–water partition coefficient (Wildman–Crippen LogP) is 1.87. The van der Waals surface area contributed by atoms with E-state index in [1.807, 2.05) is 0 Å². The van der Waals surface area contributed by atoms with Crippen molar-refractivity contribution in [2.24, 2.45) is 0 Å². The lowest BCUT2D eigenvalue weighted by Crippen LogP contribution is -2.25. The number of hydrogen-bond donors (Lipinski definition) is 1. The predicted molar refractivity (Wildman–Crippen MR) is 55.7 cm³/mol. The Morgan fingerprint density at radius 2 is 2.31 bits per heavy atom. The summed E-state index contributed by atoms with van der Waals surface area (Å²) in [7, 11) is 0. The first-order chi connectivity index (χ1) is 6.20. The highest BCUT2D eigenvalue weighted by Crippen LogP contribution is 2.25. The van der Waals surface area contributed by atoms with Crippen molar-refractivity contribution in [2.45, 2.75) is 32.9 Å². The number of halogens is 1. The van der Waals surface area contributed by atoms with Crippen molar-refractivity contribution in [2.75, 3.05) is 6.54 Å². The number of nitrogens with zero attached hydrogens (tertiary/aromatic N) is 2. The van der Waals surface area contributed by atoms with E-state index >= 15 is 0 Å². The van der Waals surface area contributed by atoms with Crippen molar-refractivity contribution >= 4 is 15.9 Å². The van der Waals surface area contributed by atoms with Crippen LogP contribution in [0.15, 0.2) is 4.60 Å². The Labute approximate surface area is 86.6 Å². The van der Waals surface area contributed by atoms with E-state index in [9.17, 15) is 0 Å². The van der Waals surface area contributed by atoms with Crippen LogP contribution >= 0.6 is 15.9 Å². The summed E-state index contributed by atoms with van der Waals surface area (Å²) in [4.78, 5) is 0. The molecule has 0 saturated heterocycles. The first-order valence-electron chi connectivity index (χ1n) is 4.66. The standard InChI is InChI=1S/C9H14BrN3/c1-6(2)13-8-5-11-4-3-7(8)9(10)12-13/h6,11H,3-5H2,1-2H3. The fourth-order valence-corrected chi connectivity index (χ4v) is 2.35. The SMILES string of the molecule is CC(C)n1nc(Br)c2c1CNCC2. The molecule has 0 aliphatic carbocycles. The molecule has 0 aromatic carbocycles. The van der Waals surface area contributed by atoms with Crippen LogP contribution in [0.25, 0.3) is 0 Å². The number of hydrogen-bond acceptors (Lipinski definition) is 2. The summed E-state index contributed by atoms with van der Waals surface area (Å²) in [5.74, 6) is 0. The summed E-state index contributed by atoms with van der Waals surface area (Å²) in [5.41, 5.74) is 2.72. The number of nitrogens with one attached hydrogen (secondary N) is 1. The zero-order chi connectivity index (χ0) is 9.42. The molecule has 0 saturated carbocycles. The number of aromatic nitrogens is 2. The number of fused-ring (bicyclic) bond motifs is 1. The molecule has 4 heteroatoms. The van der Waals surface area contributed by atoms with Crippen LogP contribution in [0.4, 0.5) is 0 Å². The highest BCUT2D eigenvalue weighted by molar-refractivity contribution is 9.10. The molecule has 0 radical (unpaired) electrons. The van der Waals surface area contributed by atoms with Gasteiger partial charge < -0.3 is 5.32 Å². The van der Waals surface area contributed by atoms with Crippen LogP contribution in [0.2, 0.25) is 0 Å². The van der Waals surface area contributed by atoms with Crippen molar-refractivity contribution in [3.8, 4) is 0 Å². The number of rotatable bonds is 1. The second-order valence-corrected chi connectivity index (χ2v) is 4.43. The van der Waals surface area contributed by atoms with Crippen molar-refractivity contribution in [1.82, 2.24) is 15.1 Å². The van der Waals surface area contributed by atoms with E-state index in [2.05, 4.69) is 44.9 Å². The Hall–Kier alpha value is -0.350. The van der Waals surface area contributed by atoms with Crippen molar-refractivity contribution in [3.63, 3.8) is 0 Å². The summed E-state index contributed by atoms with van der Waals surface area (Å²) < 4.78 is 3.13. The van der Waals surface area contributed by atoms with Gasteiger partial charge in [-0.25, -0.2) is 0 Å². The van der Waals surface area contributed by atoms with E-state index in [1.54, 1.807) is 0 Å². The molecule has 1 aliphatic rings. The van der Waals surface area contributed by atoms with Gasteiger partial charge in [-0.1, -0.05) is 0 Å². The quantitative estimate of drug-likeness (QED) is 0.817. The normalized spacial score (nSPS) is 16.3. The second-order valence-electron chi connectivity index (χ2n) is 3.68. The molecule has 1 N–H and O–H groups in total. The van der Waals surface area contributed by atoms with Crippen LogP contribution in [0.1, 0.15) is 31.1 Å². The summed E-state index contributed by atoms with van der Waals surface area (Å²) >= 11 is 3.51. The molecule has 1 aromatic rings. The molecule has 1 aromatic heterocycles. The first-order valence-corrected chi connectivity index (χ1v) is 5.46. The average molecular weight is 244 g/mol. The Balaban J connectivity index is 2.47. The largest absolute Gasteiger partial charge is 0.311 e.